The number of benzene rings is 1. The molecule has 3 rings (SSSR count). The summed E-state index contributed by atoms with van der Waals surface area (Å²) in [6.45, 7) is 2.03. The monoisotopic (exact) mass is 405 g/mol. The van der Waals surface area contributed by atoms with E-state index in [1.54, 1.807) is 12.1 Å². The summed E-state index contributed by atoms with van der Waals surface area (Å²) in [5.74, 6) is -1.76. The number of hydrogen-bond acceptors (Lipinski definition) is 3. The van der Waals surface area contributed by atoms with E-state index >= 15 is 0 Å². The molecule has 0 saturated heterocycles. The highest BCUT2D eigenvalue weighted by atomic mass is 19.4. The number of nitrogens with one attached hydrogen (secondary N) is 2. The Balaban J connectivity index is 1.76. The van der Waals surface area contributed by atoms with Gasteiger partial charge < -0.3 is 10.6 Å². The number of allylic oxidation sites excluding steroid dienone is 2. The average Bonchev–Trinajstić information content (AvgIpc) is 2.69. The number of pyridine rings is 1. The van der Waals surface area contributed by atoms with Crippen molar-refractivity contribution < 1.29 is 22.8 Å². The van der Waals surface area contributed by atoms with E-state index in [2.05, 4.69) is 15.6 Å². The second kappa shape index (κ2) is 8.63. The van der Waals surface area contributed by atoms with E-state index in [0.717, 1.165) is 16.5 Å². The van der Waals surface area contributed by atoms with Gasteiger partial charge in [-0.3, -0.25) is 14.6 Å². The molecule has 1 atom stereocenters. The van der Waals surface area contributed by atoms with Crippen molar-refractivity contribution in [1.82, 2.24) is 15.6 Å². The van der Waals surface area contributed by atoms with Crippen LogP contribution < -0.4 is 10.6 Å². The molecule has 154 valence electrons. The van der Waals surface area contributed by atoms with Crippen LogP contribution in [0.4, 0.5) is 13.2 Å². The lowest BCUT2D eigenvalue weighted by Crippen LogP contribution is -2.33. The van der Waals surface area contributed by atoms with Gasteiger partial charge in [-0.2, -0.15) is 13.2 Å². The largest absolute Gasteiger partial charge is 0.392 e. The van der Waals surface area contributed by atoms with Crippen LogP contribution in [0, 0.1) is 5.92 Å². The molecule has 1 aliphatic carbocycles. The van der Waals surface area contributed by atoms with Crippen LogP contribution in [-0.2, 0) is 4.79 Å². The molecule has 0 radical (unpaired) electrons. The van der Waals surface area contributed by atoms with E-state index in [1.165, 1.54) is 13.1 Å². The lowest BCUT2D eigenvalue weighted by molar-refractivity contribution is -0.175. The Hall–Kier alpha value is -2.90. The summed E-state index contributed by atoms with van der Waals surface area (Å²) in [4.78, 5) is 27.5. The van der Waals surface area contributed by atoms with Gasteiger partial charge in [-0.05, 0) is 30.9 Å². The number of halogens is 3. The Morgan fingerprint density at radius 3 is 2.62 bits per heavy atom. The molecule has 0 saturated carbocycles. The van der Waals surface area contributed by atoms with E-state index in [0.29, 0.717) is 30.6 Å². The van der Waals surface area contributed by atoms with Crippen molar-refractivity contribution >= 4 is 28.3 Å². The first-order valence-corrected chi connectivity index (χ1v) is 9.43. The molecular weight excluding hydrogens is 383 g/mol. The van der Waals surface area contributed by atoms with Crippen molar-refractivity contribution in [3.8, 4) is 0 Å². The number of aromatic nitrogens is 1. The maximum atomic E-state index is 12.9. The number of alkyl halides is 3. The third-order valence-corrected chi connectivity index (χ3v) is 4.98. The summed E-state index contributed by atoms with van der Waals surface area (Å²) in [5.41, 5.74) is 2.71. The quantitative estimate of drug-likeness (QED) is 0.743. The first-order valence-electron chi connectivity index (χ1n) is 9.43. The second-order valence-corrected chi connectivity index (χ2v) is 7.08. The molecule has 2 N–H and O–H groups in total. The van der Waals surface area contributed by atoms with Gasteiger partial charge in [0.25, 0.3) is 5.91 Å². The normalized spacial score (nSPS) is 17.0. The van der Waals surface area contributed by atoms with Gasteiger partial charge in [0, 0.05) is 37.2 Å². The van der Waals surface area contributed by atoms with Gasteiger partial charge in [0.15, 0.2) is 0 Å². The van der Waals surface area contributed by atoms with Crippen molar-refractivity contribution in [3.05, 3.63) is 47.7 Å². The predicted octanol–water partition coefficient (Wildman–Crippen LogP) is 3.85. The Labute approximate surface area is 166 Å². The minimum Gasteiger partial charge on any atom is -0.355 e. The van der Waals surface area contributed by atoms with Crippen LogP contribution in [0.25, 0.3) is 16.5 Å². The zero-order chi connectivity index (χ0) is 21.0. The molecule has 0 bridgehead atoms. The van der Waals surface area contributed by atoms with Gasteiger partial charge in [-0.25, -0.2) is 0 Å². The maximum Gasteiger partial charge on any atom is 0.392 e. The zero-order valence-electron chi connectivity index (χ0n) is 16.0. The van der Waals surface area contributed by atoms with Gasteiger partial charge in [0.2, 0.25) is 5.91 Å². The highest BCUT2D eigenvalue weighted by Gasteiger charge is 2.39. The van der Waals surface area contributed by atoms with Crippen molar-refractivity contribution in [2.24, 2.45) is 5.92 Å². The molecule has 2 aromatic rings. The fourth-order valence-corrected chi connectivity index (χ4v) is 3.44. The average molecular weight is 405 g/mol. The highest BCUT2D eigenvalue weighted by molar-refractivity contribution is 5.99. The fraction of sp³-hybridized carbons (Fsp3) is 0.381. The van der Waals surface area contributed by atoms with Crippen molar-refractivity contribution in [2.75, 3.05) is 13.1 Å². The van der Waals surface area contributed by atoms with E-state index in [1.807, 2.05) is 18.2 Å². The fourth-order valence-electron chi connectivity index (χ4n) is 3.44. The molecule has 5 nitrogen and oxygen atoms in total. The second-order valence-electron chi connectivity index (χ2n) is 7.08. The van der Waals surface area contributed by atoms with Crippen molar-refractivity contribution in [2.45, 2.75) is 32.4 Å². The van der Waals surface area contributed by atoms with E-state index in [-0.39, 0.29) is 24.7 Å². The van der Waals surface area contributed by atoms with Gasteiger partial charge in [0.05, 0.1) is 17.0 Å². The van der Waals surface area contributed by atoms with Crippen molar-refractivity contribution in [3.63, 3.8) is 0 Å². The van der Waals surface area contributed by atoms with Crippen LogP contribution in [0.1, 0.15) is 42.1 Å². The number of rotatable bonds is 5. The van der Waals surface area contributed by atoms with Gasteiger partial charge in [0.1, 0.15) is 0 Å². The molecule has 1 unspecified atom stereocenters. The summed E-state index contributed by atoms with van der Waals surface area (Å²) in [6, 6.07) is 7.19. The van der Waals surface area contributed by atoms with Gasteiger partial charge in [-0.15, -0.1) is 0 Å². The topological polar surface area (TPSA) is 71.1 Å². The Bertz CT molecular complexity index is 954. The van der Waals surface area contributed by atoms with Crippen LogP contribution in [0.5, 0.6) is 0 Å². The minimum atomic E-state index is -4.17. The number of para-hydroxylation sites is 1. The molecule has 8 heteroatoms. The molecule has 1 aromatic carbocycles. The molecule has 2 amide bonds. The third kappa shape index (κ3) is 5.13. The standard InChI is InChI=1S/C21H22F3N3O2/c1-13(28)25-9-10-26-20(29)16-11-15-3-2-4-18(19(15)27-12-16)14-5-7-17(8-6-14)21(22,23)24/h2-5,11-12,17H,6-10H2,1H3,(H,25,28)(H,26,29). The number of fused-ring (bicyclic) bond motifs is 1. The van der Waals surface area contributed by atoms with E-state index in [9.17, 15) is 22.8 Å². The summed E-state index contributed by atoms with van der Waals surface area (Å²) >= 11 is 0. The lowest BCUT2D eigenvalue weighted by atomic mass is 9.85. The molecule has 0 fully saturated rings. The molecule has 29 heavy (non-hydrogen) atoms. The van der Waals surface area contributed by atoms with Crippen LogP contribution in [0.2, 0.25) is 0 Å². The molecule has 1 aromatic heterocycles. The zero-order valence-corrected chi connectivity index (χ0v) is 16.0. The van der Waals surface area contributed by atoms with E-state index < -0.39 is 12.1 Å². The smallest absolute Gasteiger partial charge is 0.355 e. The molecule has 1 heterocycles. The summed E-state index contributed by atoms with van der Waals surface area (Å²) in [5, 5.41) is 6.04. The highest BCUT2D eigenvalue weighted by Crippen LogP contribution is 2.40. The predicted molar refractivity (Wildman–Crippen MR) is 104 cm³/mol. The number of amides is 2. The maximum absolute atomic E-state index is 12.9. The van der Waals surface area contributed by atoms with Crippen LogP contribution in [-0.4, -0.2) is 36.1 Å². The molecule has 1 aliphatic rings. The lowest BCUT2D eigenvalue weighted by Gasteiger charge is -2.24. The number of nitrogens with zero attached hydrogens (tertiary/aromatic N) is 1. The van der Waals surface area contributed by atoms with Crippen molar-refractivity contribution in [1.29, 1.82) is 0 Å². The van der Waals surface area contributed by atoms with Crippen LogP contribution >= 0.6 is 0 Å². The summed E-state index contributed by atoms with van der Waals surface area (Å²) in [7, 11) is 0. The number of hydrogen-bond donors (Lipinski definition) is 2. The Kier molecular flexibility index (Phi) is 6.20. The minimum absolute atomic E-state index is 0.0238. The first-order chi connectivity index (χ1) is 13.8. The number of carbonyl (C=O) groups excluding carboxylic acids is 2. The number of carbonyl (C=O) groups is 2. The molecule has 0 aliphatic heterocycles. The van der Waals surface area contributed by atoms with Crippen LogP contribution in [0.3, 0.4) is 0 Å². The SMILES string of the molecule is CC(=O)NCCNC(=O)c1cnc2c(C3=CCC(C(F)(F)F)CC3)cccc2c1. The molecule has 0 spiro atoms. The Morgan fingerprint density at radius 2 is 1.97 bits per heavy atom. The van der Waals surface area contributed by atoms with Crippen LogP contribution in [0.15, 0.2) is 36.5 Å². The Morgan fingerprint density at radius 1 is 1.21 bits per heavy atom. The first kappa shape index (κ1) is 20.8. The molecular formula is C21H22F3N3O2. The van der Waals surface area contributed by atoms with Gasteiger partial charge in [-0.1, -0.05) is 24.3 Å². The summed E-state index contributed by atoms with van der Waals surface area (Å²) < 4.78 is 38.7. The van der Waals surface area contributed by atoms with E-state index in [4.69, 9.17) is 0 Å². The third-order valence-electron chi connectivity index (χ3n) is 4.98. The van der Waals surface area contributed by atoms with Gasteiger partial charge >= 0.3 is 6.18 Å². The summed E-state index contributed by atoms with van der Waals surface area (Å²) in [6.07, 6.45) is -0.662.